The van der Waals surface area contributed by atoms with Crippen LogP contribution < -0.4 is 0 Å². The van der Waals surface area contributed by atoms with Gasteiger partial charge < -0.3 is 9.64 Å². The van der Waals surface area contributed by atoms with E-state index in [1.165, 1.54) is 12.7 Å². The Bertz CT molecular complexity index is 256. The predicted octanol–water partition coefficient (Wildman–Crippen LogP) is 1.45. The lowest BCUT2D eigenvalue weighted by Crippen LogP contribution is -2.32. The average molecular weight is 197 g/mol. The maximum Gasteiger partial charge on any atom is 0.335 e. The lowest BCUT2D eigenvalue weighted by Gasteiger charge is -2.28. The van der Waals surface area contributed by atoms with Crippen LogP contribution in [0.3, 0.4) is 0 Å². The molecule has 0 unspecified atom stereocenters. The highest BCUT2D eigenvalue weighted by atomic mass is 16.5. The van der Waals surface area contributed by atoms with Crippen molar-refractivity contribution in [1.82, 2.24) is 4.90 Å². The van der Waals surface area contributed by atoms with Gasteiger partial charge in [0, 0.05) is 13.1 Å². The fourth-order valence-electron chi connectivity index (χ4n) is 1.87. The second-order valence-corrected chi connectivity index (χ2v) is 4.14. The van der Waals surface area contributed by atoms with E-state index in [-0.39, 0.29) is 5.97 Å². The molecule has 14 heavy (non-hydrogen) atoms. The largest absolute Gasteiger partial charge is 0.466 e. The van der Waals surface area contributed by atoms with Gasteiger partial charge in [0.25, 0.3) is 0 Å². The molecule has 3 heteroatoms. The average Bonchev–Trinajstić information content (AvgIpc) is 2.16. The quantitative estimate of drug-likeness (QED) is 0.627. The van der Waals surface area contributed by atoms with Gasteiger partial charge in [0.1, 0.15) is 0 Å². The molecule has 0 amide bonds. The molecule has 0 fully saturated rings. The molecule has 1 aliphatic rings. The zero-order chi connectivity index (χ0) is 10.7. The first-order valence-corrected chi connectivity index (χ1v) is 5.05. The molecular formula is C11H19NO2. The first kappa shape index (κ1) is 11.2. The third-order valence-corrected chi connectivity index (χ3v) is 2.71. The van der Waals surface area contributed by atoms with Crippen molar-refractivity contribution in [1.29, 1.82) is 0 Å². The number of carbonyl (C=O) groups excluding carboxylic acids is 1. The zero-order valence-corrected chi connectivity index (χ0v) is 9.46. The van der Waals surface area contributed by atoms with Gasteiger partial charge in [-0.3, -0.25) is 0 Å². The number of esters is 1. The number of rotatable bonds is 2. The molecule has 0 aromatic heterocycles. The van der Waals surface area contributed by atoms with Gasteiger partial charge in [-0.2, -0.15) is 0 Å². The topological polar surface area (TPSA) is 29.5 Å². The van der Waals surface area contributed by atoms with E-state index < -0.39 is 0 Å². The lowest BCUT2D eigenvalue weighted by atomic mass is 9.91. The number of hydrogen-bond donors (Lipinski definition) is 0. The number of carbonyl (C=O) groups is 1. The molecule has 0 aliphatic carbocycles. The van der Waals surface area contributed by atoms with Crippen LogP contribution in [0.15, 0.2) is 11.1 Å². The van der Waals surface area contributed by atoms with Gasteiger partial charge in [-0.25, -0.2) is 4.79 Å². The molecule has 0 aromatic rings. The van der Waals surface area contributed by atoms with Gasteiger partial charge in [0.05, 0.1) is 12.7 Å². The van der Waals surface area contributed by atoms with Crippen LogP contribution >= 0.6 is 0 Å². The highest BCUT2D eigenvalue weighted by molar-refractivity contribution is 5.90. The van der Waals surface area contributed by atoms with Crippen LogP contribution in [0.4, 0.5) is 0 Å². The fourth-order valence-corrected chi connectivity index (χ4v) is 1.87. The molecule has 80 valence electrons. The third kappa shape index (κ3) is 2.35. The monoisotopic (exact) mass is 197 g/mol. The first-order chi connectivity index (χ1) is 6.56. The van der Waals surface area contributed by atoms with Crippen LogP contribution in [-0.2, 0) is 9.53 Å². The van der Waals surface area contributed by atoms with Crippen molar-refractivity contribution in [3.63, 3.8) is 0 Å². The van der Waals surface area contributed by atoms with Gasteiger partial charge >= 0.3 is 5.97 Å². The van der Waals surface area contributed by atoms with E-state index in [2.05, 4.69) is 18.7 Å². The Morgan fingerprint density at radius 3 is 2.64 bits per heavy atom. The van der Waals surface area contributed by atoms with Crippen LogP contribution in [0, 0.1) is 5.92 Å². The SMILES string of the molecule is COC(=O)C1=C(C(C)C)CCN(C)C1. The van der Waals surface area contributed by atoms with Gasteiger partial charge in [-0.05, 0) is 19.4 Å². The van der Waals surface area contributed by atoms with E-state index in [0.717, 1.165) is 25.1 Å². The summed E-state index contributed by atoms with van der Waals surface area (Å²) < 4.78 is 4.79. The van der Waals surface area contributed by atoms with Crippen molar-refractivity contribution in [3.05, 3.63) is 11.1 Å². The third-order valence-electron chi connectivity index (χ3n) is 2.71. The predicted molar refractivity (Wildman–Crippen MR) is 56.0 cm³/mol. The van der Waals surface area contributed by atoms with Crippen molar-refractivity contribution < 1.29 is 9.53 Å². The summed E-state index contributed by atoms with van der Waals surface area (Å²) in [6, 6.07) is 0. The molecule has 1 rings (SSSR count). The number of nitrogens with zero attached hydrogens (tertiary/aromatic N) is 1. The van der Waals surface area contributed by atoms with Gasteiger partial charge in [0.2, 0.25) is 0 Å². The molecule has 0 aromatic carbocycles. The van der Waals surface area contributed by atoms with Crippen LogP contribution in [-0.4, -0.2) is 38.1 Å². The molecule has 0 saturated heterocycles. The van der Waals surface area contributed by atoms with Gasteiger partial charge in [-0.1, -0.05) is 19.4 Å². The summed E-state index contributed by atoms with van der Waals surface area (Å²) in [5, 5.41) is 0. The van der Waals surface area contributed by atoms with Crippen LogP contribution in [0.2, 0.25) is 0 Å². The van der Waals surface area contributed by atoms with Crippen molar-refractivity contribution in [2.24, 2.45) is 5.92 Å². The number of likely N-dealkylation sites (N-methyl/N-ethyl adjacent to an activating group) is 1. The van der Waals surface area contributed by atoms with E-state index in [9.17, 15) is 4.79 Å². The standard InChI is InChI=1S/C11H19NO2/c1-8(2)9-5-6-12(3)7-10(9)11(13)14-4/h8H,5-7H2,1-4H3. The van der Waals surface area contributed by atoms with E-state index >= 15 is 0 Å². The minimum absolute atomic E-state index is 0.166. The van der Waals surface area contributed by atoms with E-state index in [1.54, 1.807) is 0 Å². The summed E-state index contributed by atoms with van der Waals surface area (Å²) in [5.74, 6) is 0.276. The first-order valence-electron chi connectivity index (χ1n) is 5.05. The van der Waals surface area contributed by atoms with Crippen molar-refractivity contribution in [3.8, 4) is 0 Å². The fraction of sp³-hybridized carbons (Fsp3) is 0.727. The van der Waals surface area contributed by atoms with Crippen molar-refractivity contribution in [2.75, 3.05) is 27.2 Å². The minimum atomic E-state index is -0.166. The molecular weight excluding hydrogens is 178 g/mol. The van der Waals surface area contributed by atoms with Crippen molar-refractivity contribution in [2.45, 2.75) is 20.3 Å². The van der Waals surface area contributed by atoms with E-state index in [1.807, 2.05) is 7.05 Å². The van der Waals surface area contributed by atoms with Crippen LogP contribution in [0.25, 0.3) is 0 Å². The summed E-state index contributed by atoms with van der Waals surface area (Å²) in [5.41, 5.74) is 2.12. The summed E-state index contributed by atoms with van der Waals surface area (Å²) in [6.07, 6.45) is 0.985. The summed E-state index contributed by atoms with van der Waals surface area (Å²) in [7, 11) is 3.47. The van der Waals surface area contributed by atoms with Crippen LogP contribution in [0.5, 0.6) is 0 Å². The maximum atomic E-state index is 11.5. The Morgan fingerprint density at radius 2 is 2.14 bits per heavy atom. The number of hydrogen-bond acceptors (Lipinski definition) is 3. The summed E-state index contributed by atoms with van der Waals surface area (Å²) >= 11 is 0. The van der Waals surface area contributed by atoms with Crippen LogP contribution in [0.1, 0.15) is 20.3 Å². The number of ether oxygens (including phenoxy) is 1. The second-order valence-electron chi connectivity index (χ2n) is 4.14. The van der Waals surface area contributed by atoms with Gasteiger partial charge in [-0.15, -0.1) is 0 Å². The highest BCUT2D eigenvalue weighted by Crippen LogP contribution is 2.24. The highest BCUT2D eigenvalue weighted by Gasteiger charge is 2.23. The molecule has 1 aliphatic heterocycles. The molecule has 0 atom stereocenters. The Balaban J connectivity index is 2.94. The van der Waals surface area contributed by atoms with E-state index in [0.29, 0.717) is 5.92 Å². The Kier molecular flexibility index (Phi) is 3.69. The molecule has 0 saturated carbocycles. The summed E-state index contributed by atoms with van der Waals surface area (Å²) in [6.45, 7) is 6.02. The lowest BCUT2D eigenvalue weighted by molar-refractivity contribution is -0.136. The smallest absolute Gasteiger partial charge is 0.335 e. The molecule has 0 bridgehead atoms. The Labute approximate surface area is 85.7 Å². The molecule has 0 radical (unpaired) electrons. The number of methoxy groups -OCH3 is 1. The Morgan fingerprint density at radius 1 is 1.50 bits per heavy atom. The zero-order valence-electron chi connectivity index (χ0n) is 9.46. The summed E-state index contributed by atoms with van der Waals surface area (Å²) in [4.78, 5) is 13.7. The van der Waals surface area contributed by atoms with E-state index in [4.69, 9.17) is 4.74 Å². The normalized spacial score (nSPS) is 18.9. The maximum absolute atomic E-state index is 11.5. The van der Waals surface area contributed by atoms with Gasteiger partial charge in [0.15, 0.2) is 0 Å². The van der Waals surface area contributed by atoms with Crippen molar-refractivity contribution >= 4 is 5.97 Å². The second kappa shape index (κ2) is 4.60. The molecule has 3 nitrogen and oxygen atoms in total. The Hall–Kier alpha value is -0.830. The molecule has 1 heterocycles. The minimum Gasteiger partial charge on any atom is -0.466 e. The molecule has 0 N–H and O–H groups in total. The molecule has 0 spiro atoms.